The van der Waals surface area contributed by atoms with Gasteiger partial charge in [0, 0.05) is 12.0 Å². The van der Waals surface area contributed by atoms with Crippen molar-refractivity contribution < 1.29 is 14.6 Å². The van der Waals surface area contributed by atoms with Gasteiger partial charge in [-0.2, -0.15) is 0 Å². The highest BCUT2D eigenvalue weighted by atomic mass is 16.5. The molecule has 3 heteroatoms. The van der Waals surface area contributed by atoms with E-state index in [2.05, 4.69) is 4.74 Å². The van der Waals surface area contributed by atoms with Gasteiger partial charge in [0.15, 0.2) is 0 Å². The van der Waals surface area contributed by atoms with Crippen LogP contribution in [0.5, 0.6) is 0 Å². The number of esters is 1. The Morgan fingerprint density at radius 1 is 1.38 bits per heavy atom. The summed E-state index contributed by atoms with van der Waals surface area (Å²) in [6.45, 7) is 1.84. The molecule has 0 aliphatic heterocycles. The lowest BCUT2D eigenvalue weighted by Crippen LogP contribution is -2.07. The first kappa shape index (κ1) is 12.5. The molecule has 0 aliphatic carbocycles. The number of carbonyl (C=O) groups is 1. The Balaban J connectivity index is 2.64. The normalized spacial score (nSPS) is 14.7. The predicted molar refractivity (Wildman–Crippen MR) is 61.7 cm³/mol. The average Bonchev–Trinajstić information content (AvgIpc) is 2.35. The van der Waals surface area contributed by atoms with Gasteiger partial charge in [-0.25, -0.2) is 4.79 Å². The minimum atomic E-state index is -0.609. The van der Waals surface area contributed by atoms with Crippen LogP contribution in [0.15, 0.2) is 42.5 Å². The lowest BCUT2D eigenvalue weighted by atomic mass is 9.97. The van der Waals surface area contributed by atoms with E-state index in [1.165, 1.54) is 13.2 Å². The highest BCUT2D eigenvalue weighted by Gasteiger charge is 2.13. The average molecular weight is 220 g/mol. The highest BCUT2D eigenvalue weighted by Crippen LogP contribution is 2.22. The zero-order valence-corrected chi connectivity index (χ0v) is 9.46. The van der Waals surface area contributed by atoms with E-state index < -0.39 is 12.1 Å². The molecule has 0 saturated carbocycles. The van der Waals surface area contributed by atoms with Crippen molar-refractivity contribution >= 4 is 5.97 Å². The molecule has 1 aromatic carbocycles. The molecule has 1 rings (SSSR count). The summed E-state index contributed by atoms with van der Waals surface area (Å²) in [5.74, 6) is -0.548. The van der Waals surface area contributed by atoms with Crippen LogP contribution < -0.4 is 0 Å². The van der Waals surface area contributed by atoms with E-state index in [1.807, 2.05) is 37.3 Å². The Morgan fingerprint density at radius 3 is 2.56 bits per heavy atom. The smallest absolute Gasteiger partial charge is 0.330 e. The third-order valence-electron chi connectivity index (χ3n) is 2.38. The van der Waals surface area contributed by atoms with Gasteiger partial charge in [0.25, 0.3) is 0 Å². The maximum Gasteiger partial charge on any atom is 0.330 e. The number of aliphatic hydroxyl groups excluding tert-OH is 1. The van der Waals surface area contributed by atoms with Crippen LogP contribution in [0, 0.1) is 5.92 Å². The second-order valence-electron chi connectivity index (χ2n) is 3.60. The van der Waals surface area contributed by atoms with Crippen LogP contribution in [0.3, 0.4) is 0 Å². The second kappa shape index (κ2) is 6.08. The molecule has 3 nitrogen and oxygen atoms in total. The fourth-order valence-corrected chi connectivity index (χ4v) is 1.36. The van der Waals surface area contributed by atoms with Crippen molar-refractivity contribution in [3.8, 4) is 0 Å². The lowest BCUT2D eigenvalue weighted by molar-refractivity contribution is -0.134. The Morgan fingerprint density at radius 2 is 2.00 bits per heavy atom. The highest BCUT2D eigenvalue weighted by molar-refractivity contribution is 5.81. The molecule has 0 radical (unpaired) electrons. The zero-order chi connectivity index (χ0) is 12.0. The van der Waals surface area contributed by atoms with E-state index in [0.29, 0.717) is 0 Å². The Bertz CT molecular complexity index is 357. The first-order valence-corrected chi connectivity index (χ1v) is 5.14. The van der Waals surface area contributed by atoms with Gasteiger partial charge in [-0.1, -0.05) is 43.3 Å². The summed E-state index contributed by atoms with van der Waals surface area (Å²) < 4.78 is 4.48. The first-order chi connectivity index (χ1) is 7.65. The molecular weight excluding hydrogens is 204 g/mol. The third-order valence-corrected chi connectivity index (χ3v) is 2.38. The number of aliphatic hydroxyl groups is 1. The van der Waals surface area contributed by atoms with E-state index in [1.54, 1.807) is 6.08 Å². The molecule has 0 saturated heterocycles. The minimum Gasteiger partial charge on any atom is -0.466 e. The van der Waals surface area contributed by atoms with Crippen LogP contribution in [-0.4, -0.2) is 18.2 Å². The van der Waals surface area contributed by atoms with Gasteiger partial charge in [0.05, 0.1) is 13.2 Å². The Hall–Kier alpha value is -1.61. The summed E-state index contributed by atoms with van der Waals surface area (Å²) in [6, 6.07) is 9.34. The van der Waals surface area contributed by atoms with Gasteiger partial charge in [-0.15, -0.1) is 0 Å². The first-order valence-electron chi connectivity index (χ1n) is 5.14. The molecule has 2 atom stereocenters. The van der Waals surface area contributed by atoms with E-state index in [0.717, 1.165) is 5.56 Å². The third kappa shape index (κ3) is 3.51. The summed E-state index contributed by atoms with van der Waals surface area (Å²) in [5, 5.41) is 9.97. The van der Waals surface area contributed by atoms with Crippen molar-refractivity contribution in [1.82, 2.24) is 0 Å². The minimum absolute atomic E-state index is 0.138. The van der Waals surface area contributed by atoms with E-state index >= 15 is 0 Å². The largest absolute Gasteiger partial charge is 0.466 e. The molecule has 86 valence electrons. The maximum absolute atomic E-state index is 10.9. The van der Waals surface area contributed by atoms with Gasteiger partial charge < -0.3 is 9.84 Å². The summed E-state index contributed by atoms with van der Waals surface area (Å²) >= 11 is 0. The quantitative estimate of drug-likeness (QED) is 0.624. The molecule has 0 amide bonds. The van der Waals surface area contributed by atoms with Crippen LogP contribution in [0.1, 0.15) is 18.6 Å². The monoisotopic (exact) mass is 220 g/mol. The number of carbonyl (C=O) groups excluding carboxylic acids is 1. The molecule has 1 aromatic rings. The summed E-state index contributed by atoms with van der Waals surface area (Å²) in [4.78, 5) is 10.9. The van der Waals surface area contributed by atoms with Crippen molar-refractivity contribution in [2.45, 2.75) is 13.0 Å². The fraction of sp³-hybridized carbons (Fsp3) is 0.308. The summed E-state index contributed by atoms with van der Waals surface area (Å²) in [5.41, 5.74) is 0.838. The van der Waals surface area contributed by atoms with Crippen molar-refractivity contribution in [2.24, 2.45) is 5.92 Å². The molecule has 0 bridgehead atoms. The van der Waals surface area contributed by atoms with Crippen LogP contribution in [0.25, 0.3) is 0 Å². The van der Waals surface area contributed by atoms with Gasteiger partial charge >= 0.3 is 5.97 Å². The SMILES string of the molecule is COC(=O)C=CC(C)C(O)c1ccccc1. The number of benzene rings is 1. The number of hydrogen-bond donors (Lipinski definition) is 1. The Kier molecular flexibility index (Phi) is 4.73. The van der Waals surface area contributed by atoms with Crippen LogP contribution in [0.4, 0.5) is 0 Å². The van der Waals surface area contributed by atoms with E-state index in [9.17, 15) is 9.90 Å². The van der Waals surface area contributed by atoms with Gasteiger partial charge in [-0.3, -0.25) is 0 Å². The molecule has 0 heterocycles. The van der Waals surface area contributed by atoms with Gasteiger partial charge in [0.2, 0.25) is 0 Å². The molecule has 0 spiro atoms. The molecule has 0 fully saturated rings. The molecular formula is C13H16O3. The number of hydrogen-bond acceptors (Lipinski definition) is 3. The van der Waals surface area contributed by atoms with Crippen LogP contribution in [0.2, 0.25) is 0 Å². The molecule has 16 heavy (non-hydrogen) atoms. The standard InChI is InChI=1S/C13H16O3/c1-10(8-9-12(14)16-2)13(15)11-6-4-3-5-7-11/h3-10,13,15H,1-2H3. The summed E-state index contributed by atoms with van der Waals surface area (Å²) in [7, 11) is 1.32. The topological polar surface area (TPSA) is 46.5 Å². The second-order valence-corrected chi connectivity index (χ2v) is 3.60. The molecule has 2 unspecified atom stereocenters. The van der Waals surface area contributed by atoms with Crippen molar-refractivity contribution in [3.63, 3.8) is 0 Å². The van der Waals surface area contributed by atoms with E-state index in [-0.39, 0.29) is 5.92 Å². The fourth-order valence-electron chi connectivity index (χ4n) is 1.36. The van der Waals surface area contributed by atoms with Crippen molar-refractivity contribution in [1.29, 1.82) is 0 Å². The predicted octanol–water partition coefficient (Wildman–Crippen LogP) is 2.09. The Labute approximate surface area is 95.4 Å². The summed E-state index contributed by atoms with van der Waals surface area (Å²) in [6.07, 6.45) is 2.36. The lowest BCUT2D eigenvalue weighted by Gasteiger charge is -2.15. The maximum atomic E-state index is 10.9. The van der Waals surface area contributed by atoms with Gasteiger partial charge in [0.1, 0.15) is 0 Å². The van der Waals surface area contributed by atoms with Crippen LogP contribution >= 0.6 is 0 Å². The number of ether oxygens (including phenoxy) is 1. The van der Waals surface area contributed by atoms with Gasteiger partial charge in [-0.05, 0) is 5.56 Å². The van der Waals surface area contributed by atoms with Crippen LogP contribution in [-0.2, 0) is 9.53 Å². The number of rotatable bonds is 4. The number of methoxy groups -OCH3 is 1. The van der Waals surface area contributed by atoms with E-state index in [4.69, 9.17) is 0 Å². The zero-order valence-electron chi connectivity index (χ0n) is 9.46. The molecule has 0 aromatic heterocycles. The van der Waals surface area contributed by atoms with Crippen molar-refractivity contribution in [2.75, 3.05) is 7.11 Å². The molecule has 0 aliphatic rings. The van der Waals surface area contributed by atoms with Crippen molar-refractivity contribution in [3.05, 3.63) is 48.0 Å². The molecule has 1 N–H and O–H groups in total.